The van der Waals surface area contributed by atoms with Gasteiger partial charge in [-0.3, -0.25) is 0 Å². The maximum Gasteiger partial charge on any atom is 0.433 e. The molecule has 0 radical (unpaired) electrons. The van der Waals surface area contributed by atoms with E-state index in [2.05, 4.69) is 15.3 Å². The van der Waals surface area contributed by atoms with Crippen LogP contribution in [0.3, 0.4) is 0 Å². The number of rotatable bonds is 5. The molecule has 0 aliphatic heterocycles. The van der Waals surface area contributed by atoms with Crippen molar-refractivity contribution in [2.75, 3.05) is 25.1 Å². The average Bonchev–Trinajstić information content (AvgIpc) is 2.34. The maximum atomic E-state index is 12.5. The van der Waals surface area contributed by atoms with Gasteiger partial charge in [-0.05, 0) is 11.6 Å². The predicted molar refractivity (Wildman–Crippen MR) is 59.7 cm³/mol. The molecule has 0 amide bonds. The van der Waals surface area contributed by atoms with Crippen molar-refractivity contribution in [1.82, 2.24) is 9.97 Å². The third-order valence-electron chi connectivity index (χ3n) is 2.29. The third kappa shape index (κ3) is 3.90. The van der Waals surface area contributed by atoms with Crippen LogP contribution in [0.1, 0.15) is 5.69 Å². The number of hydrogen-bond acceptors (Lipinski definition) is 6. The molecular weight excluding hydrogens is 291 g/mol. The van der Waals surface area contributed by atoms with Gasteiger partial charge in [0, 0.05) is 6.07 Å². The molecule has 0 atom stereocenters. The molecule has 0 fully saturated rings. The van der Waals surface area contributed by atoms with E-state index in [0.717, 1.165) is 0 Å². The first-order valence-corrected chi connectivity index (χ1v) is 5.37. The zero-order valence-electron chi connectivity index (χ0n) is 9.45. The van der Waals surface area contributed by atoms with Crippen LogP contribution in [0.5, 0.6) is 0 Å². The molecule has 1 aromatic heterocycles. The lowest BCUT2D eigenvalue weighted by atomic mass is 10.0. The van der Waals surface area contributed by atoms with E-state index in [1.807, 2.05) is 0 Å². The molecular formula is C9H11ClF3N3O3. The van der Waals surface area contributed by atoms with Crippen molar-refractivity contribution >= 4 is 17.4 Å². The van der Waals surface area contributed by atoms with Crippen LogP contribution in [0.15, 0.2) is 6.07 Å². The highest BCUT2D eigenvalue weighted by Crippen LogP contribution is 2.30. The van der Waals surface area contributed by atoms with Crippen molar-refractivity contribution in [2.24, 2.45) is 0 Å². The van der Waals surface area contributed by atoms with Gasteiger partial charge in [-0.15, -0.1) is 0 Å². The second kappa shape index (κ2) is 5.87. The molecule has 19 heavy (non-hydrogen) atoms. The van der Waals surface area contributed by atoms with Gasteiger partial charge >= 0.3 is 6.18 Å². The minimum Gasteiger partial charge on any atom is -0.394 e. The second-order valence-electron chi connectivity index (χ2n) is 3.78. The lowest BCUT2D eigenvalue weighted by Crippen LogP contribution is -2.49. The summed E-state index contributed by atoms with van der Waals surface area (Å²) in [5, 5.41) is 28.8. The number of aliphatic hydroxyl groups excluding tert-OH is 3. The number of aromatic nitrogens is 2. The molecule has 1 heterocycles. The van der Waals surface area contributed by atoms with Crippen LogP contribution in [0.4, 0.5) is 19.0 Å². The first-order chi connectivity index (χ1) is 8.76. The summed E-state index contributed by atoms with van der Waals surface area (Å²) in [6.45, 7) is -2.16. The Morgan fingerprint density at radius 3 is 2.05 bits per heavy atom. The zero-order valence-corrected chi connectivity index (χ0v) is 10.2. The Morgan fingerprint density at radius 2 is 1.63 bits per heavy atom. The highest BCUT2D eigenvalue weighted by Gasteiger charge is 2.35. The summed E-state index contributed by atoms with van der Waals surface area (Å²) in [5.41, 5.74) is -2.89. The van der Waals surface area contributed by atoms with Crippen LogP contribution < -0.4 is 5.32 Å². The average molecular weight is 302 g/mol. The quantitative estimate of drug-likeness (QED) is 0.583. The van der Waals surface area contributed by atoms with E-state index in [0.29, 0.717) is 6.07 Å². The third-order valence-corrected chi connectivity index (χ3v) is 2.46. The number of nitrogens with one attached hydrogen (secondary N) is 1. The second-order valence-corrected chi connectivity index (χ2v) is 4.12. The minimum atomic E-state index is -4.72. The largest absolute Gasteiger partial charge is 0.433 e. The molecule has 0 saturated carbocycles. The van der Waals surface area contributed by atoms with Gasteiger partial charge in [-0.2, -0.15) is 13.2 Å². The number of alkyl halides is 3. The summed E-state index contributed by atoms with van der Waals surface area (Å²) in [4.78, 5) is 6.50. The van der Waals surface area contributed by atoms with Gasteiger partial charge < -0.3 is 20.6 Å². The maximum absolute atomic E-state index is 12.5. The number of halogens is 4. The minimum absolute atomic E-state index is 0.371. The molecule has 1 rings (SSSR count). The van der Waals surface area contributed by atoms with Gasteiger partial charge in [0.2, 0.25) is 5.28 Å². The molecule has 0 saturated heterocycles. The normalized spacial score (nSPS) is 12.6. The number of aliphatic hydroxyl groups is 3. The van der Waals surface area contributed by atoms with Gasteiger partial charge in [0.15, 0.2) is 5.69 Å². The fourth-order valence-electron chi connectivity index (χ4n) is 1.17. The molecule has 0 bridgehead atoms. The van der Waals surface area contributed by atoms with E-state index in [4.69, 9.17) is 26.9 Å². The Hall–Kier alpha value is -1.16. The summed E-state index contributed by atoms with van der Waals surface area (Å²) in [6, 6.07) is 0.557. The Bertz CT molecular complexity index is 432. The van der Waals surface area contributed by atoms with E-state index >= 15 is 0 Å². The molecule has 108 valence electrons. The Morgan fingerprint density at radius 1 is 1.11 bits per heavy atom. The van der Waals surface area contributed by atoms with Crippen molar-refractivity contribution in [1.29, 1.82) is 0 Å². The van der Waals surface area contributed by atoms with Crippen molar-refractivity contribution in [3.05, 3.63) is 17.0 Å². The van der Waals surface area contributed by atoms with Crippen molar-refractivity contribution in [3.63, 3.8) is 0 Å². The summed E-state index contributed by atoms with van der Waals surface area (Å²) in [5.74, 6) is -0.371. The van der Waals surface area contributed by atoms with Crippen molar-refractivity contribution < 1.29 is 28.5 Å². The monoisotopic (exact) mass is 301 g/mol. The predicted octanol–water partition coefficient (Wildman–Crippen LogP) is 0.276. The van der Waals surface area contributed by atoms with Crippen LogP contribution in [-0.2, 0) is 6.18 Å². The van der Waals surface area contributed by atoms with Gasteiger partial charge in [-0.1, -0.05) is 0 Å². The number of nitrogens with zero attached hydrogens (tertiary/aromatic N) is 2. The molecule has 1 aromatic rings. The van der Waals surface area contributed by atoms with Crippen molar-refractivity contribution in [3.8, 4) is 0 Å². The van der Waals surface area contributed by atoms with Crippen LogP contribution >= 0.6 is 11.6 Å². The molecule has 0 unspecified atom stereocenters. The SMILES string of the molecule is OCC(CO)(CO)Nc1cc(C(F)(F)F)nc(Cl)n1. The summed E-state index contributed by atoms with van der Waals surface area (Å²) < 4.78 is 37.5. The lowest BCUT2D eigenvalue weighted by Gasteiger charge is -2.29. The number of anilines is 1. The van der Waals surface area contributed by atoms with E-state index < -0.39 is 42.5 Å². The number of hydrogen-bond donors (Lipinski definition) is 4. The Kier molecular flexibility index (Phi) is 4.91. The zero-order chi connectivity index (χ0) is 14.7. The standard InChI is InChI=1S/C9H11ClF3N3O3/c10-7-14-5(9(11,12)13)1-6(15-7)16-8(2-17,3-18)4-19/h1,17-19H,2-4H2,(H,14,15,16). The van der Waals surface area contributed by atoms with Crippen LogP contribution in [0, 0.1) is 0 Å². The summed E-state index contributed by atoms with van der Waals surface area (Å²) >= 11 is 5.36. The molecule has 0 spiro atoms. The first kappa shape index (κ1) is 15.9. The van der Waals surface area contributed by atoms with E-state index in [9.17, 15) is 13.2 Å². The highest BCUT2D eigenvalue weighted by molar-refractivity contribution is 6.28. The smallest absolute Gasteiger partial charge is 0.394 e. The van der Waals surface area contributed by atoms with Gasteiger partial charge in [0.1, 0.15) is 11.4 Å². The molecule has 0 aliphatic carbocycles. The molecule has 6 nitrogen and oxygen atoms in total. The van der Waals surface area contributed by atoms with Crippen LogP contribution in [-0.4, -0.2) is 50.6 Å². The molecule has 0 aromatic carbocycles. The Balaban J connectivity index is 3.11. The van der Waals surface area contributed by atoms with Crippen LogP contribution in [0.2, 0.25) is 5.28 Å². The summed E-state index contributed by atoms with van der Waals surface area (Å²) in [7, 11) is 0. The fraction of sp³-hybridized carbons (Fsp3) is 0.556. The molecule has 10 heteroatoms. The fourth-order valence-corrected chi connectivity index (χ4v) is 1.35. The van der Waals surface area contributed by atoms with E-state index in [1.54, 1.807) is 0 Å². The molecule has 4 N–H and O–H groups in total. The van der Waals surface area contributed by atoms with Crippen LogP contribution in [0.25, 0.3) is 0 Å². The molecule has 0 aliphatic rings. The van der Waals surface area contributed by atoms with Gasteiger partial charge in [-0.25, -0.2) is 9.97 Å². The summed E-state index contributed by atoms with van der Waals surface area (Å²) in [6.07, 6.45) is -4.72. The topological polar surface area (TPSA) is 98.5 Å². The van der Waals surface area contributed by atoms with Gasteiger partial charge in [0.25, 0.3) is 0 Å². The van der Waals surface area contributed by atoms with E-state index in [1.165, 1.54) is 0 Å². The van der Waals surface area contributed by atoms with E-state index in [-0.39, 0.29) is 5.82 Å². The lowest BCUT2D eigenvalue weighted by molar-refractivity contribution is -0.141. The first-order valence-electron chi connectivity index (χ1n) is 4.99. The highest BCUT2D eigenvalue weighted by atomic mass is 35.5. The van der Waals surface area contributed by atoms with Crippen molar-refractivity contribution in [2.45, 2.75) is 11.7 Å². The Labute approximate surface area is 110 Å². The van der Waals surface area contributed by atoms with Gasteiger partial charge in [0.05, 0.1) is 19.8 Å².